The highest BCUT2D eigenvalue weighted by molar-refractivity contribution is 7.96. The maximum absolute atomic E-state index is 10.7. The Morgan fingerprint density at radius 1 is 1.78 bits per heavy atom. The van der Waals surface area contributed by atoms with E-state index < -0.39 is 4.21 Å². The fourth-order valence-corrected chi connectivity index (χ4v) is 0.907. The third kappa shape index (κ3) is 1.25. The Morgan fingerprint density at radius 3 is 2.78 bits per heavy atom. The molecule has 0 radical (unpaired) electrons. The molecule has 1 aliphatic heterocycles. The van der Waals surface area contributed by atoms with Gasteiger partial charge in [-0.2, -0.15) is 5.21 Å². The Morgan fingerprint density at radius 2 is 2.44 bits per heavy atom. The van der Waals surface area contributed by atoms with Gasteiger partial charge in [-0.3, -0.25) is 0 Å². The van der Waals surface area contributed by atoms with Gasteiger partial charge in [-0.1, -0.05) is 0 Å². The summed E-state index contributed by atoms with van der Waals surface area (Å²) in [5.41, 5.74) is 5.11. The van der Waals surface area contributed by atoms with Crippen LogP contribution in [-0.4, -0.2) is 9.42 Å². The molecule has 50 valence electrons. The van der Waals surface area contributed by atoms with Crippen molar-refractivity contribution in [2.24, 2.45) is 5.73 Å². The molecule has 9 heavy (non-hydrogen) atoms. The zero-order valence-corrected chi connectivity index (χ0v) is 5.34. The molecule has 0 aliphatic carbocycles. The first-order valence-corrected chi connectivity index (χ1v) is 3.11. The van der Waals surface area contributed by atoms with E-state index in [1.807, 2.05) is 0 Å². The van der Waals surface area contributed by atoms with Crippen LogP contribution in [0.5, 0.6) is 0 Å². The highest BCUT2D eigenvalue weighted by atomic mass is 32.2. The van der Waals surface area contributed by atoms with Crippen molar-refractivity contribution in [1.29, 1.82) is 0 Å². The van der Waals surface area contributed by atoms with E-state index in [-0.39, 0.29) is 5.82 Å². The SMILES string of the molecule is NC1=CC=CS[N+]1([O-])O. The summed E-state index contributed by atoms with van der Waals surface area (Å²) in [6.07, 6.45) is 2.97. The Kier molecular flexibility index (Phi) is 1.50. The number of nitrogens with zero attached hydrogens (tertiary/aromatic N) is 1. The van der Waals surface area contributed by atoms with Gasteiger partial charge in [-0.25, -0.2) is 0 Å². The van der Waals surface area contributed by atoms with E-state index in [0.717, 1.165) is 0 Å². The molecule has 1 heterocycles. The number of hydroxylamine groups is 2. The van der Waals surface area contributed by atoms with Crippen LogP contribution >= 0.6 is 11.9 Å². The molecule has 0 fully saturated rings. The molecule has 3 N–H and O–H groups in total. The summed E-state index contributed by atoms with van der Waals surface area (Å²) in [6, 6.07) is 0. The summed E-state index contributed by atoms with van der Waals surface area (Å²) in [4.78, 5) is 0. The Balaban J connectivity index is 2.83. The van der Waals surface area contributed by atoms with E-state index >= 15 is 0 Å². The summed E-state index contributed by atoms with van der Waals surface area (Å²) in [5, 5.41) is 20.9. The van der Waals surface area contributed by atoms with E-state index in [0.29, 0.717) is 11.9 Å². The van der Waals surface area contributed by atoms with Crippen LogP contribution in [0, 0.1) is 5.21 Å². The molecular formula is C4H6N2O2S. The minimum Gasteiger partial charge on any atom is -0.580 e. The molecule has 1 aliphatic rings. The monoisotopic (exact) mass is 146 g/mol. The molecule has 5 heteroatoms. The predicted octanol–water partition coefficient (Wildman–Crippen LogP) is 0.666. The fraction of sp³-hybridized carbons (Fsp3) is 0. The van der Waals surface area contributed by atoms with Gasteiger partial charge in [0.1, 0.15) is 11.9 Å². The van der Waals surface area contributed by atoms with Crippen LogP contribution in [0.1, 0.15) is 0 Å². The maximum Gasteiger partial charge on any atom is 0.244 e. The van der Waals surface area contributed by atoms with Gasteiger partial charge in [-0.05, 0) is 6.08 Å². The molecule has 0 bridgehead atoms. The lowest BCUT2D eigenvalue weighted by Crippen LogP contribution is -2.34. The van der Waals surface area contributed by atoms with E-state index in [2.05, 4.69) is 0 Å². The molecule has 0 saturated heterocycles. The van der Waals surface area contributed by atoms with Gasteiger partial charge in [0.2, 0.25) is 5.82 Å². The van der Waals surface area contributed by atoms with Crippen LogP contribution in [0.15, 0.2) is 23.4 Å². The average molecular weight is 146 g/mol. The lowest BCUT2D eigenvalue weighted by Gasteiger charge is -2.29. The standard InChI is InChI=1S/C4H6N2O2S/c5-4-2-1-3-9-6(4,7)8/h1-3,7H,5H2. The lowest BCUT2D eigenvalue weighted by molar-refractivity contribution is -0.918. The summed E-state index contributed by atoms with van der Waals surface area (Å²) < 4.78 is -1.55. The Labute approximate surface area is 56.5 Å². The Bertz CT molecular complexity index is 175. The second kappa shape index (κ2) is 2.03. The van der Waals surface area contributed by atoms with Gasteiger partial charge >= 0.3 is 0 Å². The van der Waals surface area contributed by atoms with Gasteiger partial charge in [0, 0.05) is 11.5 Å². The molecule has 1 atom stereocenters. The summed E-state index contributed by atoms with van der Waals surface area (Å²) in [5.74, 6) is -0.109. The van der Waals surface area contributed by atoms with Crippen molar-refractivity contribution < 1.29 is 9.42 Å². The molecule has 1 rings (SSSR count). The third-order valence-corrected chi connectivity index (χ3v) is 1.65. The van der Waals surface area contributed by atoms with Gasteiger partial charge in [0.25, 0.3) is 0 Å². The highest BCUT2D eigenvalue weighted by Gasteiger charge is 2.20. The van der Waals surface area contributed by atoms with Crippen LogP contribution < -0.4 is 5.73 Å². The molecule has 0 aromatic carbocycles. The van der Waals surface area contributed by atoms with Crippen molar-refractivity contribution in [3.05, 3.63) is 28.6 Å². The minimum atomic E-state index is -1.55. The minimum absolute atomic E-state index is 0.109. The van der Waals surface area contributed by atoms with Crippen molar-refractivity contribution in [3.8, 4) is 0 Å². The average Bonchev–Trinajstić information content (AvgIpc) is 1.77. The van der Waals surface area contributed by atoms with Crippen LogP contribution in [0.25, 0.3) is 0 Å². The summed E-state index contributed by atoms with van der Waals surface area (Å²) in [6.45, 7) is 0. The number of hydrogen-bond donors (Lipinski definition) is 2. The van der Waals surface area contributed by atoms with Crippen molar-refractivity contribution in [1.82, 2.24) is 0 Å². The molecule has 4 nitrogen and oxygen atoms in total. The third-order valence-electron chi connectivity index (χ3n) is 0.876. The first-order valence-electron chi connectivity index (χ1n) is 2.27. The van der Waals surface area contributed by atoms with Crippen molar-refractivity contribution in [2.45, 2.75) is 0 Å². The molecule has 0 spiro atoms. The van der Waals surface area contributed by atoms with Crippen LogP contribution in [0.3, 0.4) is 0 Å². The van der Waals surface area contributed by atoms with Crippen molar-refractivity contribution in [3.63, 3.8) is 0 Å². The molecule has 1 unspecified atom stereocenters. The number of nitrogens with two attached hydrogens (primary N) is 1. The number of rotatable bonds is 0. The zero-order chi connectivity index (χ0) is 6.91. The second-order valence-corrected chi connectivity index (χ2v) is 2.52. The quantitative estimate of drug-likeness (QED) is 0.299. The van der Waals surface area contributed by atoms with Crippen LogP contribution in [-0.2, 0) is 0 Å². The van der Waals surface area contributed by atoms with Crippen LogP contribution in [0.4, 0.5) is 0 Å². The molecular weight excluding hydrogens is 140 g/mol. The largest absolute Gasteiger partial charge is 0.580 e. The van der Waals surface area contributed by atoms with Crippen molar-refractivity contribution >= 4 is 11.9 Å². The van der Waals surface area contributed by atoms with Gasteiger partial charge in [0.05, 0.1) is 0 Å². The molecule has 0 amide bonds. The first-order chi connectivity index (χ1) is 4.13. The maximum atomic E-state index is 10.7. The first kappa shape index (κ1) is 6.63. The highest BCUT2D eigenvalue weighted by Crippen LogP contribution is 2.26. The van der Waals surface area contributed by atoms with E-state index in [9.17, 15) is 5.21 Å². The predicted molar refractivity (Wildman–Crippen MR) is 34.4 cm³/mol. The topological polar surface area (TPSA) is 69.3 Å². The second-order valence-electron chi connectivity index (χ2n) is 1.55. The van der Waals surface area contributed by atoms with Crippen LogP contribution in [0.2, 0.25) is 0 Å². The van der Waals surface area contributed by atoms with E-state index in [4.69, 9.17) is 10.9 Å². The normalized spacial score (nSPS) is 34.2. The molecule has 0 aromatic heterocycles. The van der Waals surface area contributed by atoms with E-state index in [1.165, 1.54) is 11.5 Å². The van der Waals surface area contributed by atoms with Gasteiger partial charge in [-0.15, -0.1) is 4.21 Å². The summed E-state index contributed by atoms with van der Waals surface area (Å²) >= 11 is 0.692. The molecule has 0 aromatic rings. The number of allylic oxidation sites excluding steroid dienone is 2. The van der Waals surface area contributed by atoms with Gasteiger partial charge < -0.3 is 10.9 Å². The van der Waals surface area contributed by atoms with Crippen molar-refractivity contribution in [2.75, 3.05) is 0 Å². The fourth-order valence-electron chi connectivity index (χ4n) is 0.411. The number of hydrogen-bond acceptors (Lipinski definition) is 4. The Hall–Kier alpha value is -0.490. The van der Waals surface area contributed by atoms with Gasteiger partial charge in [0.15, 0.2) is 0 Å². The summed E-state index contributed by atoms with van der Waals surface area (Å²) in [7, 11) is 0. The lowest BCUT2D eigenvalue weighted by atomic mass is 10.5. The molecule has 0 saturated carbocycles. The van der Waals surface area contributed by atoms with E-state index in [1.54, 1.807) is 6.08 Å². The number of quaternary nitrogens is 1. The smallest absolute Gasteiger partial charge is 0.244 e. The zero-order valence-electron chi connectivity index (χ0n) is 4.52.